The zero-order chi connectivity index (χ0) is 13.0. The van der Waals surface area contributed by atoms with Gasteiger partial charge >= 0.3 is 0 Å². The van der Waals surface area contributed by atoms with E-state index in [0.717, 1.165) is 13.1 Å². The summed E-state index contributed by atoms with van der Waals surface area (Å²) in [5, 5.41) is 3.55. The Hall–Kier alpha value is -0.860. The molecule has 0 radical (unpaired) electrons. The molecule has 0 saturated heterocycles. The molecule has 100 valence electrons. The second-order valence-electron chi connectivity index (χ2n) is 5.75. The number of nitrogens with one attached hydrogen (secondary N) is 1. The van der Waals surface area contributed by atoms with Crippen LogP contribution in [0.5, 0.6) is 0 Å². The maximum Gasteiger partial charge on any atom is 0.0239 e. The van der Waals surface area contributed by atoms with Crippen LogP contribution in [0.25, 0.3) is 0 Å². The fraction of sp³-hybridized carbons (Fsp3) is 0.625. The van der Waals surface area contributed by atoms with Crippen molar-refractivity contribution in [2.24, 2.45) is 0 Å². The Labute approximate surface area is 111 Å². The van der Waals surface area contributed by atoms with E-state index in [4.69, 9.17) is 0 Å². The Kier molecular flexibility index (Phi) is 4.79. The number of hydrogen-bond donors (Lipinski definition) is 1. The van der Waals surface area contributed by atoms with Crippen LogP contribution in [-0.4, -0.2) is 30.1 Å². The maximum atomic E-state index is 3.55. The van der Waals surface area contributed by atoms with Gasteiger partial charge in [-0.25, -0.2) is 0 Å². The Balaban J connectivity index is 1.98. The van der Waals surface area contributed by atoms with Gasteiger partial charge in [-0.05, 0) is 37.4 Å². The molecule has 0 bridgehead atoms. The number of rotatable bonds is 4. The maximum absolute atomic E-state index is 3.55. The van der Waals surface area contributed by atoms with Gasteiger partial charge in [0.1, 0.15) is 0 Å². The molecule has 1 aliphatic heterocycles. The second kappa shape index (κ2) is 6.35. The average Bonchev–Trinajstić information content (AvgIpc) is 2.57. The van der Waals surface area contributed by atoms with Gasteiger partial charge < -0.3 is 5.32 Å². The van der Waals surface area contributed by atoms with E-state index >= 15 is 0 Å². The fourth-order valence-electron chi connectivity index (χ4n) is 2.64. The molecule has 1 unspecified atom stereocenters. The molecule has 0 saturated carbocycles. The molecule has 0 fully saturated rings. The smallest absolute Gasteiger partial charge is 0.0239 e. The van der Waals surface area contributed by atoms with Gasteiger partial charge in [0.2, 0.25) is 0 Å². The summed E-state index contributed by atoms with van der Waals surface area (Å²) in [6, 6.07) is 10.1. The molecular weight excluding hydrogens is 220 g/mol. The third kappa shape index (κ3) is 3.56. The molecule has 0 aliphatic carbocycles. The molecule has 1 heterocycles. The lowest BCUT2D eigenvalue weighted by Gasteiger charge is -2.28. The predicted octanol–water partition coefficient (Wildman–Crippen LogP) is 2.82. The van der Waals surface area contributed by atoms with Gasteiger partial charge in [0, 0.05) is 25.2 Å². The van der Waals surface area contributed by atoms with Crippen LogP contribution in [0.2, 0.25) is 0 Å². The average molecular weight is 246 g/mol. The van der Waals surface area contributed by atoms with E-state index in [2.05, 4.69) is 55.3 Å². The minimum atomic E-state index is 0.576. The van der Waals surface area contributed by atoms with Crippen LogP contribution in [0.1, 0.15) is 38.3 Å². The molecule has 1 aromatic rings. The molecule has 2 rings (SSSR count). The molecule has 1 atom stereocenters. The number of nitrogens with zero attached hydrogens (tertiary/aromatic N) is 1. The molecule has 1 aliphatic rings. The first-order valence-corrected chi connectivity index (χ1v) is 7.21. The topological polar surface area (TPSA) is 15.3 Å². The van der Waals surface area contributed by atoms with Crippen molar-refractivity contribution in [2.45, 2.75) is 52.2 Å². The van der Waals surface area contributed by atoms with Crippen molar-refractivity contribution in [3.05, 3.63) is 35.4 Å². The molecule has 1 N–H and O–H groups in total. The highest BCUT2D eigenvalue weighted by molar-refractivity contribution is 5.28. The fourth-order valence-corrected chi connectivity index (χ4v) is 2.64. The summed E-state index contributed by atoms with van der Waals surface area (Å²) in [5.74, 6) is 0. The Morgan fingerprint density at radius 2 is 1.89 bits per heavy atom. The summed E-state index contributed by atoms with van der Waals surface area (Å²) >= 11 is 0. The Morgan fingerprint density at radius 3 is 2.61 bits per heavy atom. The third-order valence-electron chi connectivity index (χ3n) is 3.83. The van der Waals surface area contributed by atoms with Crippen molar-refractivity contribution < 1.29 is 0 Å². The first-order chi connectivity index (χ1) is 8.66. The van der Waals surface area contributed by atoms with Crippen molar-refractivity contribution in [1.82, 2.24) is 10.2 Å². The lowest BCUT2D eigenvalue weighted by atomic mass is 10.0. The zero-order valence-corrected chi connectivity index (χ0v) is 11.9. The number of benzene rings is 1. The van der Waals surface area contributed by atoms with Gasteiger partial charge in [-0.2, -0.15) is 0 Å². The summed E-state index contributed by atoms with van der Waals surface area (Å²) in [7, 11) is 0. The Morgan fingerprint density at radius 1 is 1.17 bits per heavy atom. The molecule has 2 nitrogen and oxygen atoms in total. The van der Waals surface area contributed by atoms with Gasteiger partial charge in [0.15, 0.2) is 0 Å². The van der Waals surface area contributed by atoms with E-state index in [-0.39, 0.29) is 0 Å². The molecule has 0 amide bonds. The Bertz CT molecular complexity index is 373. The van der Waals surface area contributed by atoms with Crippen LogP contribution in [0, 0.1) is 0 Å². The predicted molar refractivity (Wildman–Crippen MR) is 77.8 cm³/mol. The largest absolute Gasteiger partial charge is 0.313 e. The van der Waals surface area contributed by atoms with Crippen LogP contribution in [-0.2, 0) is 13.0 Å². The highest BCUT2D eigenvalue weighted by atomic mass is 15.2. The van der Waals surface area contributed by atoms with E-state index in [1.54, 1.807) is 5.56 Å². The quantitative estimate of drug-likeness (QED) is 0.879. The lowest BCUT2D eigenvalue weighted by molar-refractivity contribution is 0.196. The van der Waals surface area contributed by atoms with E-state index in [9.17, 15) is 0 Å². The highest BCUT2D eigenvalue weighted by Crippen LogP contribution is 2.19. The third-order valence-corrected chi connectivity index (χ3v) is 3.83. The number of fused-ring (bicyclic) bond motifs is 1. The lowest BCUT2D eigenvalue weighted by Crippen LogP contribution is -2.41. The minimum absolute atomic E-state index is 0.576. The summed E-state index contributed by atoms with van der Waals surface area (Å²) < 4.78 is 0. The molecule has 0 spiro atoms. The van der Waals surface area contributed by atoms with Crippen LogP contribution in [0.15, 0.2) is 24.3 Å². The number of hydrogen-bond acceptors (Lipinski definition) is 2. The monoisotopic (exact) mass is 246 g/mol. The highest BCUT2D eigenvalue weighted by Gasteiger charge is 2.18. The summed E-state index contributed by atoms with van der Waals surface area (Å²) in [6.45, 7) is 10.2. The van der Waals surface area contributed by atoms with Gasteiger partial charge in [0.25, 0.3) is 0 Å². The molecule has 1 aromatic carbocycles. The SMILES string of the molecule is CC(C)NCC(C)N1CCCc2ccccc2C1. The standard InChI is InChI=1S/C16H26N2/c1-13(2)17-11-14(3)18-10-6-9-15-7-4-5-8-16(15)12-18/h4-5,7-8,13-14,17H,6,9-12H2,1-3H3. The van der Waals surface area contributed by atoms with Gasteiger partial charge in [-0.3, -0.25) is 4.90 Å². The van der Waals surface area contributed by atoms with Gasteiger partial charge in [0.05, 0.1) is 0 Å². The normalized spacial score (nSPS) is 18.4. The van der Waals surface area contributed by atoms with Crippen LogP contribution in [0.4, 0.5) is 0 Å². The van der Waals surface area contributed by atoms with E-state index < -0.39 is 0 Å². The van der Waals surface area contributed by atoms with Gasteiger partial charge in [-0.1, -0.05) is 38.1 Å². The van der Waals surface area contributed by atoms with Crippen molar-refractivity contribution in [3.63, 3.8) is 0 Å². The van der Waals surface area contributed by atoms with E-state index in [1.807, 2.05) is 0 Å². The van der Waals surface area contributed by atoms with E-state index in [0.29, 0.717) is 12.1 Å². The molecule has 18 heavy (non-hydrogen) atoms. The van der Waals surface area contributed by atoms with Crippen LogP contribution in [0.3, 0.4) is 0 Å². The van der Waals surface area contributed by atoms with Crippen molar-refractivity contribution in [2.75, 3.05) is 13.1 Å². The summed E-state index contributed by atoms with van der Waals surface area (Å²) in [5.41, 5.74) is 3.07. The number of aryl methyl sites for hydroxylation is 1. The molecule has 2 heteroatoms. The summed E-state index contributed by atoms with van der Waals surface area (Å²) in [4.78, 5) is 2.61. The first kappa shape index (κ1) is 13.6. The zero-order valence-electron chi connectivity index (χ0n) is 11.9. The molecule has 0 aromatic heterocycles. The first-order valence-electron chi connectivity index (χ1n) is 7.21. The van der Waals surface area contributed by atoms with Crippen LogP contribution >= 0.6 is 0 Å². The van der Waals surface area contributed by atoms with Crippen molar-refractivity contribution >= 4 is 0 Å². The van der Waals surface area contributed by atoms with Crippen molar-refractivity contribution in [1.29, 1.82) is 0 Å². The van der Waals surface area contributed by atoms with E-state index in [1.165, 1.54) is 24.9 Å². The van der Waals surface area contributed by atoms with Crippen LogP contribution < -0.4 is 5.32 Å². The van der Waals surface area contributed by atoms with Crippen molar-refractivity contribution in [3.8, 4) is 0 Å². The summed E-state index contributed by atoms with van der Waals surface area (Å²) in [6.07, 6.45) is 2.51. The van der Waals surface area contributed by atoms with Gasteiger partial charge in [-0.15, -0.1) is 0 Å². The molecular formula is C16H26N2. The minimum Gasteiger partial charge on any atom is -0.313 e. The second-order valence-corrected chi connectivity index (χ2v) is 5.75.